The largest absolute Gasteiger partial charge is 0.459 e. The molecule has 4 fully saturated rings. The van der Waals surface area contributed by atoms with Crippen LogP contribution in [0.2, 0.25) is 0 Å². The lowest BCUT2D eigenvalue weighted by Gasteiger charge is -2.65. The number of cyclic esters (lactones) is 1. The van der Waals surface area contributed by atoms with Crippen molar-refractivity contribution >= 4 is 5.97 Å². The molecule has 0 unspecified atom stereocenters. The van der Waals surface area contributed by atoms with Crippen molar-refractivity contribution in [3.63, 3.8) is 0 Å². The normalized spacial score (nSPS) is 50.8. The summed E-state index contributed by atoms with van der Waals surface area (Å²) >= 11 is 0. The zero-order valence-corrected chi connectivity index (χ0v) is 22.8. The topological polar surface area (TPSA) is 76.0 Å². The van der Waals surface area contributed by atoms with E-state index in [1.54, 1.807) is 0 Å². The molecule has 5 nitrogen and oxygen atoms in total. The number of carbonyl (C=O) groups excluding carboxylic acids is 1. The van der Waals surface area contributed by atoms with Crippen molar-refractivity contribution in [1.29, 1.82) is 0 Å². The number of hydrogen-bond donors (Lipinski definition) is 2. The van der Waals surface area contributed by atoms with E-state index in [1.807, 2.05) is 13.8 Å². The Hall–Kier alpha value is -1.17. The predicted molar refractivity (Wildman–Crippen MR) is 135 cm³/mol. The first kappa shape index (κ1) is 25.5. The van der Waals surface area contributed by atoms with Gasteiger partial charge in [0, 0.05) is 23.7 Å². The first-order valence-electron chi connectivity index (χ1n) is 13.8. The predicted octanol–water partition coefficient (Wildman–Crippen LogP) is 5.55. The fourth-order valence-corrected chi connectivity index (χ4v) is 9.85. The van der Waals surface area contributed by atoms with Crippen LogP contribution < -0.4 is 0 Å². The highest BCUT2D eigenvalue weighted by molar-refractivity contribution is 5.70. The van der Waals surface area contributed by atoms with Gasteiger partial charge in [0.25, 0.3) is 0 Å². The van der Waals surface area contributed by atoms with Gasteiger partial charge in [-0.1, -0.05) is 44.1 Å². The molecule has 5 heteroatoms. The molecule has 0 aromatic heterocycles. The summed E-state index contributed by atoms with van der Waals surface area (Å²) in [5, 5.41) is 22.8. The molecule has 2 aliphatic heterocycles. The zero-order chi connectivity index (χ0) is 25.6. The average molecular weight is 487 g/mol. The molecule has 0 bridgehead atoms. The molecule has 0 spiro atoms. The van der Waals surface area contributed by atoms with Gasteiger partial charge in [-0.25, -0.2) is 0 Å². The first-order chi connectivity index (χ1) is 16.2. The van der Waals surface area contributed by atoms with Gasteiger partial charge in [-0.3, -0.25) is 4.79 Å². The van der Waals surface area contributed by atoms with Gasteiger partial charge in [-0.05, 0) is 88.9 Å². The molecule has 2 heterocycles. The summed E-state index contributed by atoms with van der Waals surface area (Å²) in [6, 6.07) is 0. The number of aliphatic hydroxyl groups excluding tert-OH is 2. The van der Waals surface area contributed by atoms with Crippen LogP contribution in [0, 0.1) is 39.9 Å². The van der Waals surface area contributed by atoms with Crippen molar-refractivity contribution in [3.05, 3.63) is 23.3 Å². The standard InChI is InChI=1S/C30H46O5/c1-17(2)14-18-15-19(26(33)34-18)20-8-9-21-28(20,5)12-10-22-29(6)13-11-25(32)35-27(3,4)23(29)16-24(31)30(21,22)7/h9,14,18-20,22-24,26,31,33H,8,10-13,15-16H2,1-7H3/t18-,19-,20-,22+,23-,24+,26-,28-,29+,30-/m0/s1. The summed E-state index contributed by atoms with van der Waals surface area (Å²) in [5.74, 6) is 0.726. The maximum atomic E-state index is 12.5. The number of rotatable bonds is 2. The Bertz CT molecular complexity index is 946. The molecule has 0 radical (unpaired) electrons. The molecule has 10 atom stereocenters. The van der Waals surface area contributed by atoms with Gasteiger partial charge in [-0.2, -0.15) is 0 Å². The van der Waals surface area contributed by atoms with Gasteiger partial charge in [0.15, 0.2) is 6.29 Å². The number of fused-ring (bicyclic) bond motifs is 5. The summed E-state index contributed by atoms with van der Waals surface area (Å²) in [4.78, 5) is 12.5. The molecule has 0 aromatic carbocycles. The Morgan fingerprint density at radius 3 is 2.46 bits per heavy atom. The van der Waals surface area contributed by atoms with E-state index < -0.39 is 18.0 Å². The molecular weight excluding hydrogens is 440 g/mol. The van der Waals surface area contributed by atoms with Gasteiger partial charge in [0.2, 0.25) is 0 Å². The summed E-state index contributed by atoms with van der Waals surface area (Å²) < 4.78 is 11.9. The Balaban J connectivity index is 1.48. The SMILES string of the molecule is CC(C)=C[C@H]1C[C@@H]([C@@H]2CC=C3[C@]4(C)[C@H](O)C[C@H]5C(C)(C)OC(=O)CC[C@]5(C)[C@H]4CC[C@]32C)[C@@H](O)O1. The zero-order valence-electron chi connectivity index (χ0n) is 22.8. The Labute approximate surface area is 211 Å². The van der Waals surface area contributed by atoms with E-state index >= 15 is 0 Å². The number of ether oxygens (including phenoxy) is 2. The van der Waals surface area contributed by atoms with Gasteiger partial charge in [0.1, 0.15) is 5.60 Å². The lowest BCUT2D eigenvalue weighted by atomic mass is 9.40. The lowest BCUT2D eigenvalue weighted by molar-refractivity contribution is -0.195. The van der Waals surface area contributed by atoms with Crippen LogP contribution in [0.25, 0.3) is 0 Å². The number of esters is 1. The molecule has 35 heavy (non-hydrogen) atoms. The number of allylic oxidation sites excluding steroid dienone is 2. The summed E-state index contributed by atoms with van der Waals surface area (Å²) in [7, 11) is 0. The van der Waals surface area contributed by atoms with E-state index in [9.17, 15) is 15.0 Å². The lowest BCUT2D eigenvalue weighted by Crippen LogP contribution is -2.63. The molecule has 0 amide bonds. The molecule has 3 aliphatic carbocycles. The van der Waals surface area contributed by atoms with Gasteiger partial charge < -0.3 is 19.7 Å². The van der Waals surface area contributed by atoms with Crippen LogP contribution in [-0.2, 0) is 14.3 Å². The van der Waals surface area contributed by atoms with Crippen molar-refractivity contribution in [2.45, 2.75) is 118 Å². The maximum Gasteiger partial charge on any atom is 0.306 e. The fraction of sp³-hybridized carbons (Fsp3) is 0.833. The summed E-state index contributed by atoms with van der Waals surface area (Å²) in [6.45, 7) is 15.3. The fourth-order valence-electron chi connectivity index (χ4n) is 9.85. The molecule has 2 N–H and O–H groups in total. The third kappa shape index (κ3) is 3.62. The number of aliphatic hydroxyl groups is 2. The molecule has 2 saturated heterocycles. The average Bonchev–Trinajstić information content (AvgIpc) is 3.25. The second kappa shape index (κ2) is 8.16. The van der Waals surface area contributed by atoms with E-state index in [0.29, 0.717) is 24.7 Å². The first-order valence-corrected chi connectivity index (χ1v) is 13.8. The number of hydrogen-bond acceptors (Lipinski definition) is 5. The summed E-state index contributed by atoms with van der Waals surface area (Å²) in [5.41, 5.74) is 1.56. The second-order valence-corrected chi connectivity index (χ2v) is 13.8. The Morgan fingerprint density at radius 1 is 1.06 bits per heavy atom. The van der Waals surface area contributed by atoms with Crippen LogP contribution >= 0.6 is 0 Å². The third-order valence-corrected chi connectivity index (χ3v) is 11.3. The highest BCUT2D eigenvalue weighted by atomic mass is 16.6. The second-order valence-electron chi connectivity index (χ2n) is 13.8. The minimum absolute atomic E-state index is 0.0229. The van der Waals surface area contributed by atoms with E-state index in [-0.39, 0.29) is 40.2 Å². The van der Waals surface area contributed by atoms with Crippen LogP contribution in [-0.4, -0.2) is 40.3 Å². The maximum absolute atomic E-state index is 12.5. The monoisotopic (exact) mass is 486 g/mol. The molecule has 0 aromatic rings. The molecule has 2 saturated carbocycles. The summed E-state index contributed by atoms with van der Waals surface area (Å²) in [6.07, 6.45) is 9.09. The van der Waals surface area contributed by atoms with Gasteiger partial charge in [0.05, 0.1) is 12.2 Å². The Morgan fingerprint density at radius 2 is 1.77 bits per heavy atom. The van der Waals surface area contributed by atoms with Crippen molar-refractivity contribution in [1.82, 2.24) is 0 Å². The highest BCUT2D eigenvalue weighted by Gasteiger charge is 2.68. The molecule has 5 aliphatic rings. The quantitative estimate of drug-likeness (QED) is 0.395. The minimum Gasteiger partial charge on any atom is -0.459 e. The van der Waals surface area contributed by atoms with Crippen molar-refractivity contribution in [2.24, 2.45) is 39.9 Å². The van der Waals surface area contributed by atoms with E-state index in [4.69, 9.17) is 9.47 Å². The van der Waals surface area contributed by atoms with Gasteiger partial charge >= 0.3 is 5.97 Å². The van der Waals surface area contributed by atoms with E-state index in [1.165, 1.54) is 11.1 Å². The van der Waals surface area contributed by atoms with E-state index in [2.05, 4.69) is 46.8 Å². The highest BCUT2D eigenvalue weighted by Crippen LogP contribution is 2.72. The van der Waals surface area contributed by atoms with Crippen molar-refractivity contribution in [3.8, 4) is 0 Å². The van der Waals surface area contributed by atoms with Crippen LogP contribution in [0.4, 0.5) is 0 Å². The van der Waals surface area contributed by atoms with Crippen LogP contribution in [0.5, 0.6) is 0 Å². The van der Waals surface area contributed by atoms with Crippen LogP contribution in [0.3, 0.4) is 0 Å². The van der Waals surface area contributed by atoms with Crippen molar-refractivity contribution in [2.75, 3.05) is 0 Å². The molecular formula is C30H46O5. The van der Waals surface area contributed by atoms with Crippen LogP contribution in [0.1, 0.15) is 93.4 Å². The van der Waals surface area contributed by atoms with Crippen LogP contribution in [0.15, 0.2) is 23.3 Å². The minimum atomic E-state index is -0.736. The van der Waals surface area contributed by atoms with Gasteiger partial charge in [-0.15, -0.1) is 0 Å². The van der Waals surface area contributed by atoms with Crippen molar-refractivity contribution < 1.29 is 24.5 Å². The van der Waals surface area contributed by atoms with E-state index in [0.717, 1.165) is 32.1 Å². The Kier molecular flexibility index (Phi) is 5.94. The third-order valence-electron chi connectivity index (χ3n) is 11.3. The number of carbonyl (C=O) groups is 1. The molecule has 196 valence electrons. The molecule has 5 rings (SSSR count). The smallest absolute Gasteiger partial charge is 0.306 e.